The molecular formula is C17H14ClF3N4OS. The van der Waals surface area contributed by atoms with Crippen molar-refractivity contribution in [2.24, 2.45) is 0 Å². The molecule has 2 aromatic heterocycles. The Kier molecular flexibility index (Phi) is 5.71. The lowest BCUT2D eigenvalue weighted by molar-refractivity contribution is -0.142. The molecule has 0 spiro atoms. The van der Waals surface area contributed by atoms with Crippen molar-refractivity contribution in [3.05, 3.63) is 63.6 Å². The van der Waals surface area contributed by atoms with Gasteiger partial charge in [-0.1, -0.05) is 17.7 Å². The Morgan fingerprint density at radius 2 is 1.96 bits per heavy atom. The number of rotatable bonds is 5. The van der Waals surface area contributed by atoms with Crippen LogP contribution in [-0.2, 0) is 12.6 Å². The number of anilines is 1. The number of urea groups is 1. The normalized spacial score (nSPS) is 11.4. The molecule has 0 aliphatic rings. The number of benzene rings is 1. The third-order valence-corrected chi connectivity index (χ3v) is 4.78. The van der Waals surface area contributed by atoms with Gasteiger partial charge in [0.15, 0.2) is 5.69 Å². The minimum absolute atomic E-state index is 0.179. The van der Waals surface area contributed by atoms with Crippen LogP contribution in [0, 0.1) is 0 Å². The van der Waals surface area contributed by atoms with Crippen LogP contribution in [0.15, 0.2) is 48.0 Å². The number of hydrogen-bond acceptors (Lipinski definition) is 3. The highest BCUT2D eigenvalue weighted by molar-refractivity contribution is 7.09. The molecule has 27 heavy (non-hydrogen) atoms. The van der Waals surface area contributed by atoms with Gasteiger partial charge in [-0.25, -0.2) is 9.48 Å². The molecule has 0 saturated carbocycles. The van der Waals surface area contributed by atoms with Crippen molar-refractivity contribution >= 4 is 34.7 Å². The first-order chi connectivity index (χ1) is 12.8. The van der Waals surface area contributed by atoms with Gasteiger partial charge in [-0.15, -0.1) is 11.3 Å². The summed E-state index contributed by atoms with van der Waals surface area (Å²) in [6.07, 6.45) is -3.15. The van der Waals surface area contributed by atoms with Gasteiger partial charge in [-0.3, -0.25) is 0 Å². The summed E-state index contributed by atoms with van der Waals surface area (Å²) in [5, 5.41) is 10.8. The van der Waals surface area contributed by atoms with E-state index in [-0.39, 0.29) is 5.69 Å². The molecule has 0 fully saturated rings. The molecule has 1 aromatic carbocycles. The molecule has 2 amide bonds. The van der Waals surface area contributed by atoms with Crippen molar-refractivity contribution in [2.75, 3.05) is 11.9 Å². The Hall–Kier alpha value is -2.52. The number of hydrogen-bond donors (Lipinski definition) is 2. The first-order valence-corrected chi connectivity index (χ1v) is 9.09. The summed E-state index contributed by atoms with van der Waals surface area (Å²) in [6, 6.07) is 8.83. The van der Waals surface area contributed by atoms with Crippen LogP contribution < -0.4 is 10.6 Å². The lowest BCUT2D eigenvalue weighted by Gasteiger charge is -2.13. The highest BCUT2D eigenvalue weighted by Crippen LogP contribution is 2.36. The molecule has 2 heterocycles. The molecule has 0 unspecified atom stereocenters. The van der Waals surface area contributed by atoms with E-state index in [1.807, 2.05) is 17.5 Å². The fourth-order valence-corrected chi connectivity index (χ4v) is 3.25. The second kappa shape index (κ2) is 8.01. The van der Waals surface area contributed by atoms with Gasteiger partial charge in [0.1, 0.15) is 0 Å². The van der Waals surface area contributed by atoms with Gasteiger partial charge < -0.3 is 10.6 Å². The highest BCUT2D eigenvalue weighted by Gasteiger charge is 2.39. The second-order valence-electron chi connectivity index (χ2n) is 5.50. The average Bonchev–Trinajstić information content (AvgIpc) is 3.25. The van der Waals surface area contributed by atoms with Gasteiger partial charge in [0.2, 0.25) is 0 Å². The smallest absolute Gasteiger partial charge is 0.338 e. The number of carbonyl (C=O) groups excluding carboxylic acids is 1. The van der Waals surface area contributed by atoms with Gasteiger partial charge in [0.05, 0.1) is 17.6 Å². The second-order valence-corrected chi connectivity index (χ2v) is 6.97. The van der Waals surface area contributed by atoms with E-state index < -0.39 is 23.6 Å². The van der Waals surface area contributed by atoms with E-state index in [0.29, 0.717) is 18.0 Å². The number of amides is 2. The lowest BCUT2D eigenvalue weighted by Crippen LogP contribution is -2.31. The molecule has 10 heteroatoms. The molecular weight excluding hydrogens is 401 g/mol. The molecule has 0 aliphatic carbocycles. The Bertz CT molecular complexity index is 907. The van der Waals surface area contributed by atoms with Crippen molar-refractivity contribution in [2.45, 2.75) is 12.6 Å². The standard InChI is InChI=1S/C17H14ClF3N4OS/c18-11-3-5-12(6-4-11)25-15(17(19,20)21)14(10-23-25)24-16(26)22-8-7-13-2-1-9-27-13/h1-6,9-10H,7-8H2,(H2,22,24,26). The third kappa shape index (κ3) is 4.81. The van der Waals surface area contributed by atoms with Crippen molar-refractivity contribution in [1.29, 1.82) is 0 Å². The maximum absolute atomic E-state index is 13.5. The molecule has 3 aromatic rings. The van der Waals surface area contributed by atoms with Crippen LogP contribution in [0.2, 0.25) is 5.02 Å². The SMILES string of the molecule is O=C(NCCc1cccs1)Nc1cnn(-c2ccc(Cl)cc2)c1C(F)(F)F. The van der Waals surface area contributed by atoms with Gasteiger partial charge in [0.25, 0.3) is 0 Å². The van der Waals surface area contributed by atoms with Crippen LogP contribution in [0.1, 0.15) is 10.6 Å². The Balaban J connectivity index is 1.74. The summed E-state index contributed by atoms with van der Waals surface area (Å²) in [7, 11) is 0. The van der Waals surface area contributed by atoms with E-state index in [0.717, 1.165) is 15.8 Å². The summed E-state index contributed by atoms with van der Waals surface area (Å²) in [6.45, 7) is 0.305. The van der Waals surface area contributed by atoms with Crippen LogP contribution in [0.4, 0.5) is 23.7 Å². The van der Waals surface area contributed by atoms with E-state index in [1.165, 1.54) is 24.3 Å². The van der Waals surface area contributed by atoms with E-state index in [1.54, 1.807) is 11.3 Å². The molecule has 0 atom stereocenters. The molecule has 2 N–H and O–H groups in total. The van der Waals surface area contributed by atoms with Crippen molar-refractivity contribution < 1.29 is 18.0 Å². The summed E-state index contributed by atoms with van der Waals surface area (Å²) in [5.41, 5.74) is -1.32. The molecule has 0 saturated heterocycles. The lowest BCUT2D eigenvalue weighted by atomic mass is 10.3. The molecule has 0 bridgehead atoms. The Labute approximate surface area is 161 Å². The van der Waals surface area contributed by atoms with Crippen LogP contribution in [-0.4, -0.2) is 22.4 Å². The summed E-state index contributed by atoms with van der Waals surface area (Å²) < 4.78 is 41.3. The predicted octanol–water partition coefficient (Wildman–Crippen LogP) is 4.97. The quantitative estimate of drug-likeness (QED) is 0.619. The fourth-order valence-electron chi connectivity index (χ4n) is 2.41. The monoisotopic (exact) mass is 414 g/mol. The number of halogens is 4. The molecule has 0 radical (unpaired) electrons. The number of nitrogens with one attached hydrogen (secondary N) is 2. The third-order valence-electron chi connectivity index (χ3n) is 3.59. The number of alkyl halides is 3. The maximum Gasteiger partial charge on any atom is 0.435 e. The molecule has 0 aliphatic heterocycles. The van der Waals surface area contributed by atoms with Gasteiger partial charge in [-0.2, -0.15) is 18.3 Å². The van der Waals surface area contributed by atoms with E-state index in [4.69, 9.17) is 11.6 Å². The number of aromatic nitrogens is 2. The summed E-state index contributed by atoms with van der Waals surface area (Å²) in [5.74, 6) is 0. The van der Waals surface area contributed by atoms with Gasteiger partial charge in [0, 0.05) is 16.4 Å². The molecule has 142 valence electrons. The zero-order valence-electron chi connectivity index (χ0n) is 13.8. The van der Waals surface area contributed by atoms with Crippen molar-refractivity contribution in [3.63, 3.8) is 0 Å². The van der Waals surface area contributed by atoms with Crippen LogP contribution >= 0.6 is 22.9 Å². The van der Waals surface area contributed by atoms with Crippen LogP contribution in [0.25, 0.3) is 5.69 Å². The zero-order chi connectivity index (χ0) is 19.4. The average molecular weight is 415 g/mol. The largest absolute Gasteiger partial charge is 0.435 e. The van der Waals surface area contributed by atoms with Gasteiger partial charge in [-0.05, 0) is 42.1 Å². The number of thiophene rings is 1. The Morgan fingerprint density at radius 3 is 2.59 bits per heavy atom. The minimum atomic E-state index is -4.71. The Morgan fingerprint density at radius 1 is 1.22 bits per heavy atom. The van der Waals surface area contributed by atoms with Crippen molar-refractivity contribution in [3.8, 4) is 5.69 Å². The maximum atomic E-state index is 13.5. The fraction of sp³-hybridized carbons (Fsp3) is 0.176. The van der Waals surface area contributed by atoms with Crippen molar-refractivity contribution in [1.82, 2.24) is 15.1 Å². The number of carbonyl (C=O) groups is 1. The minimum Gasteiger partial charge on any atom is -0.338 e. The van der Waals surface area contributed by atoms with Crippen LogP contribution in [0.3, 0.4) is 0 Å². The highest BCUT2D eigenvalue weighted by atomic mass is 35.5. The number of nitrogens with zero attached hydrogens (tertiary/aromatic N) is 2. The van der Waals surface area contributed by atoms with Gasteiger partial charge >= 0.3 is 12.2 Å². The van der Waals surface area contributed by atoms with E-state index in [2.05, 4.69) is 15.7 Å². The van der Waals surface area contributed by atoms with E-state index >= 15 is 0 Å². The molecule has 5 nitrogen and oxygen atoms in total. The topological polar surface area (TPSA) is 59.0 Å². The summed E-state index contributed by atoms with van der Waals surface area (Å²) in [4.78, 5) is 13.0. The predicted molar refractivity (Wildman–Crippen MR) is 98.6 cm³/mol. The summed E-state index contributed by atoms with van der Waals surface area (Å²) >= 11 is 7.32. The first kappa shape index (κ1) is 19.2. The zero-order valence-corrected chi connectivity index (χ0v) is 15.3. The van der Waals surface area contributed by atoms with Crippen LogP contribution in [0.5, 0.6) is 0 Å². The van der Waals surface area contributed by atoms with E-state index in [9.17, 15) is 18.0 Å². The first-order valence-electron chi connectivity index (χ1n) is 7.83. The molecule has 3 rings (SSSR count).